The number of likely N-dealkylation sites (tertiary alicyclic amines) is 1. The van der Waals surface area contributed by atoms with Crippen LogP contribution in [0.1, 0.15) is 45.1 Å². The lowest BCUT2D eigenvalue weighted by atomic mass is 9.91. The largest absolute Gasteiger partial charge is 0.444 e. The molecule has 0 spiro atoms. The molecule has 1 atom stereocenters. The van der Waals surface area contributed by atoms with Gasteiger partial charge in [0.05, 0.1) is 0 Å². The number of pyridine rings is 1. The predicted molar refractivity (Wildman–Crippen MR) is 85.9 cm³/mol. The van der Waals surface area contributed by atoms with Crippen LogP contribution in [0.25, 0.3) is 11.0 Å². The Balaban J connectivity index is 1.77. The number of rotatable bonds is 1. The molecule has 0 aliphatic carbocycles. The number of ether oxygens (including phenoxy) is 1. The number of hydrogen-bond donors (Lipinski definition) is 1. The molecule has 1 N–H and O–H groups in total. The zero-order valence-electron chi connectivity index (χ0n) is 13.4. The van der Waals surface area contributed by atoms with Crippen molar-refractivity contribution in [2.45, 2.75) is 45.1 Å². The molecule has 1 amide bonds. The van der Waals surface area contributed by atoms with E-state index in [4.69, 9.17) is 4.74 Å². The predicted octanol–water partition coefficient (Wildman–Crippen LogP) is 3.68. The molecule has 1 fully saturated rings. The molecule has 1 aliphatic rings. The van der Waals surface area contributed by atoms with E-state index in [0.29, 0.717) is 12.5 Å². The third-order valence-electron chi connectivity index (χ3n) is 4.00. The van der Waals surface area contributed by atoms with E-state index < -0.39 is 5.60 Å². The summed E-state index contributed by atoms with van der Waals surface area (Å²) < 4.78 is 5.50. The summed E-state index contributed by atoms with van der Waals surface area (Å²) in [5, 5.41) is 1.15. The van der Waals surface area contributed by atoms with E-state index >= 15 is 0 Å². The lowest BCUT2D eigenvalue weighted by Gasteiger charge is -2.34. The fourth-order valence-corrected chi connectivity index (χ4v) is 3.04. The SMILES string of the molecule is CC(C)(C)OC(=O)N1CCC[C@H](c2c[nH]c3ncccc23)C1. The number of nitrogens with zero attached hydrogens (tertiary/aromatic N) is 2. The van der Waals surface area contributed by atoms with Crippen LogP contribution in [-0.2, 0) is 4.74 Å². The number of H-pyrrole nitrogens is 1. The summed E-state index contributed by atoms with van der Waals surface area (Å²) in [6.45, 7) is 7.18. The van der Waals surface area contributed by atoms with Crippen molar-refractivity contribution in [1.29, 1.82) is 0 Å². The van der Waals surface area contributed by atoms with E-state index in [1.165, 1.54) is 5.56 Å². The van der Waals surface area contributed by atoms with Crippen molar-refractivity contribution in [3.63, 3.8) is 0 Å². The third-order valence-corrected chi connectivity index (χ3v) is 4.00. The highest BCUT2D eigenvalue weighted by Gasteiger charge is 2.29. The van der Waals surface area contributed by atoms with Crippen LogP contribution in [0.4, 0.5) is 4.79 Å². The van der Waals surface area contributed by atoms with Gasteiger partial charge >= 0.3 is 6.09 Å². The average Bonchev–Trinajstić information content (AvgIpc) is 2.89. The van der Waals surface area contributed by atoms with Gasteiger partial charge in [-0.1, -0.05) is 0 Å². The third kappa shape index (κ3) is 3.08. The van der Waals surface area contributed by atoms with Crippen molar-refractivity contribution >= 4 is 17.1 Å². The molecule has 118 valence electrons. The minimum absolute atomic E-state index is 0.213. The lowest BCUT2D eigenvalue weighted by molar-refractivity contribution is 0.0198. The van der Waals surface area contributed by atoms with Crippen LogP contribution < -0.4 is 0 Å². The summed E-state index contributed by atoms with van der Waals surface area (Å²) >= 11 is 0. The summed E-state index contributed by atoms with van der Waals surface area (Å²) in [7, 11) is 0. The van der Waals surface area contributed by atoms with Gasteiger partial charge in [0.1, 0.15) is 11.2 Å². The lowest BCUT2D eigenvalue weighted by Crippen LogP contribution is -2.42. The first-order valence-corrected chi connectivity index (χ1v) is 7.84. The van der Waals surface area contributed by atoms with Gasteiger partial charge in [0.15, 0.2) is 0 Å². The zero-order chi connectivity index (χ0) is 15.7. The molecule has 2 aromatic rings. The number of piperidine rings is 1. The molecule has 1 saturated heterocycles. The number of nitrogens with one attached hydrogen (secondary N) is 1. The van der Waals surface area contributed by atoms with E-state index in [1.807, 2.05) is 37.9 Å². The second-order valence-corrected chi connectivity index (χ2v) is 6.91. The minimum Gasteiger partial charge on any atom is -0.444 e. The Kier molecular flexibility index (Phi) is 3.81. The van der Waals surface area contributed by atoms with Crippen molar-refractivity contribution in [2.75, 3.05) is 13.1 Å². The van der Waals surface area contributed by atoms with Gasteiger partial charge in [0.2, 0.25) is 0 Å². The second-order valence-electron chi connectivity index (χ2n) is 6.91. The molecule has 5 heteroatoms. The number of carbonyl (C=O) groups excluding carboxylic acids is 1. The highest BCUT2D eigenvalue weighted by molar-refractivity contribution is 5.80. The second kappa shape index (κ2) is 5.63. The Labute approximate surface area is 130 Å². The van der Waals surface area contributed by atoms with Gasteiger partial charge in [-0.15, -0.1) is 0 Å². The van der Waals surface area contributed by atoms with Crippen molar-refractivity contribution in [3.8, 4) is 0 Å². The van der Waals surface area contributed by atoms with Gasteiger partial charge in [-0.25, -0.2) is 9.78 Å². The summed E-state index contributed by atoms with van der Waals surface area (Å²) in [5.41, 5.74) is 1.71. The van der Waals surface area contributed by atoms with Gasteiger partial charge in [0.25, 0.3) is 0 Å². The first-order valence-electron chi connectivity index (χ1n) is 7.84. The summed E-state index contributed by atoms with van der Waals surface area (Å²) in [6.07, 6.45) is 5.69. The van der Waals surface area contributed by atoms with Gasteiger partial charge in [0, 0.05) is 36.8 Å². The first-order chi connectivity index (χ1) is 10.4. The topological polar surface area (TPSA) is 58.2 Å². The van der Waals surface area contributed by atoms with Gasteiger partial charge in [-0.2, -0.15) is 0 Å². The van der Waals surface area contributed by atoms with E-state index in [1.54, 1.807) is 6.20 Å². The molecule has 0 saturated carbocycles. The van der Waals surface area contributed by atoms with Crippen molar-refractivity contribution < 1.29 is 9.53 Å². The summed E-state index contributed by atoms with van der Waals surface area (Å²) in [4.78, 5) is 21.7. The van der Waals surface area contributed by atoms with Gasteiger partial charge in [-0.05, 0) is 51.3 Å². The maximum atomic E-state index is 12.3. The number of fused-ring (bicyclic) bond motifs is 1. The molecule has 0 radical (unpaired) electrons. The Hall–Kier alpha value is -2.04. The quantitative estimate of drug-likeness (QED) is 0.874. The molecule has 22 heavy (non-hydrogen) atoms. The number of carbonyl (C=O) groups is 1. The van der Waals surface area contributed by atoms with Crippen LogP contribution in [0.3, 0.4) is 0 Å². The van der Waals surface area contributed by atoms with E-state index in [2.05, 4.69) is 16.0 Å². The molecule has 3 heterocycles. The van der Waals surface area contributed by atoms with Crippen LogP contribution in [-0.4, -0.2) is 39.7 Å². The van der Waals surface area contributed by atoms with Crippen LogP contribution in [0.15, 0.2) is 24.5 Å². The fourth-order valence-electron chi connectivity index (χ4n) is 3.04. The molecule has 1 aliphatic heterocycles. The zero-order valence-corrected chi connectivity index (χ0v) is 13.4. The molecule has 3 rings (SSSR count). The standard InChI is InChI=1S/C17H23N3O2/c1-17(2,3)22-16(21)20-9-5-6-12(11-20)14-10-19-15-13(14)7-4-8-18-15/h4,7-8,10,12H,5-6,9,11H2,1-3H3,(H,18,19)/t12-/m0/s1. The average molecular weight is 301 g/mol. The van der Waals surface area contributed by atoms with Gasteiger partial charge in [-0.3, -0.25) is 0 Å². The van der Waals surface area contributed by atoms with Crippen LogP contribution in [0.5, 0.6) is 0 Å². The van der Waals surface area contributed by atoms with Crippen molar-refractivity contribution in [2.24, 2.45) is 0 Å². The number of amides is 1. The van der Waals surface area contributed by atoms with Crippen LogP contribution in [0, 0.1) is 0 Å². The molecule has 0 bridgehead atoms. The van der Waals surface area contributed by atoms with Crippen molar-refractivity contribution in [1.82, 2.24) is 14.9 Å². The van der Waals surface area contributed by atoms with E-state index in [0.717, 1.165) is 30.4 Å². The normalized spacial score (nSPS) is 19.4. The Morgan fingerprint density at radius 1 is 1.45 bits per heavy atom. The monoisotopic (exact) mass is 301 g/mol. The van der Waals surface area contributed by atoms with Crippen molar-refractivity contribution in [3.05, 3.63) is 30.1 Å². The van der Waals surface area contributed by atoms with Gasteiger partial charge < -0.3 is 14.6 Å². The van der Waals surface area contributed by atoms with E-state index in [-0.39, 0.29) is 6.09 Å². The Morgan fingerprint density at radius 2 is 2.27 bits per heavy atom. The molecule has 0 unspecified atom stereocenters. The van der Waals surface area contributed by atoms with Crippen LogP contribution >= 0.6 is 0 Å². The molecule has 5 nitrogen and oxygen atoms in total. The Bertz CT molecular complexity index is 672. The summed E-state index contributed by atoms with van der Waals surface area (Å²) in [5.74, 6) is 0.333. The molecular weight excluding hydrogens is 278 g/mol. The minimum atomic E-state index is -0.450. The van der Waals surface area contributed by atoms with Crippen LogP contribution in [0.2, 0.25) is 0 Å². The number of aromatic amines is 1. The smallest absolute Gasteiger partial charge is 0.410 e. The first kappa shape index (κ1) is 14.9. The fraction of sp³-hybridized carbons (Fsp3) is 0.529. The highest BCUT2D eigenvalue weighted by atomic mass is 16.6. The maximum Gasteiger partial charge on any atom is 0.410 e. The van der Waals surface area contributed by atoms with E-state index in [9.17, 15) is 4.79 Å². The molecular formula is C17H23N3O2. The molecule has 0 aromatic carbocycles. The number of aromatic nitrogens is 2. The maximum absolute atomic E-state index is 12.3. The summed E-state index contributed by atoms with van der Waals surface area (Å²) in [6, 6.07) is 4.04. The molecule has 2 aromatic heterocycles. The Morgan fingerprint density at radius 3 is 3.05 bits per heavy atom. The highest BCUT2D eigenvalue weighted by Crippen LogP contribution is 2.32. The number of hydrogen-bond acceptors (Lipinski definition) is 3.